The van der Waals surface area contributed by atoms with Crippen molar-refractivity contribution in [2.24, 2.45) is 0 Å². The first-order valence-electron chi connectivity index (χ1n) is 7.66. The number of nitrogens with one attached hydrogen (secondary N) is 1. The number of carbonyl (C=O) groups is 2. The Hall–Kier alpha value is -2.12. The van der Waals surface area contributed by atoms with E-state index >= 15 is 0 Å². The van der Waals surface area contributed by atoms with E-state index in [-0.39, 0.29) is 23.7 Å². The van der Waals surface area contributed by atoms with Crippen molar-refractivity contribution in [3.05, 3.63) is 52.3 Å². The molecule has 0 aliphatic carbocycles. The largest absolute Gasteiger partial charge is 0.481 e. The Morgan fingerprint density at radius 2 is 2.00 bits per heavy atom. The average molecular weight is 380 g/mol. The summed E-state index contributed by atoms with van der Waals surface area (Å²) in [6, 6.07) is 8.14. The maximum absolute atomic E-state index is 12.1. The molecule has 132 valence electrons. The number of carbonyl (C=O) groups excluding carboxylic acids is 1. The van der Waals surface area contributed by atoms with E-state index in [1.165, 1.54) is 23.5 Å². The van der Waals surface area contributed by atoms with Gasteiger partial charge in [0, 0.05) is 18.7 Å². The van der Waals surface area contributed by atoms with Crippen LogP contribution in [-0.4, -0.2) is 33.5 Å². The van der Waals surface area contributed by atoms with E-state index in [9.17, 15) is 9.59 Å². The highest BCUT2D eigenvalue weighted by atomic mass is 35.5. The number of halogens is 1. The number of nitrogens with zero attached hydrogens (tertiary/aromatic N) is 2. The molecule has 0 saturated carbocycles. The van der Waals surface area contributed by atoms with Crippen LogP contribution in [0.25, 0.3) is 0 Å². The lowest BCUT2D eigenvalue weighted by molar-refractivity contribution is -0.137. The second kappa shape index (κ2) is 9.39. The van der Waals surface area contributed by atoms with Crippen molar-refractivity contribution >= 4 is 35.2 Å². The number of benzene rings is 1. The minimum Gasteiger partial charge on any atom is -0.481 e. The molecule has 2 rings (SSSR count). The molecule has 0 unspecified atom stereocenters. The first-order valence-corrected chi connectivity index (χ1v) is 9.03. The number of aliphatic carboxylic acids is 1. The molecule has 0 fully saturated rings. The average Bonchev–Trinajstić information content (AvgIpc) is 2.59. The first-order chi connectivity index (χ1) is 12.0. The van der Waals surface area contributed by atoms with Gasteiger partial charge < -0.3 is 10.4 Å². The number of aryl methyl sites for hydroxylation is 1. The number of hydrogen-bond donors (Lipinski definition) is 2. The Kier molecular flexibility index (Phi) is 7.21. The van der Waals surface area contributed by atoms with Gasteiger partial charge in [-0.25, -0.2) is 9.97 Å². The first kappa shape index (κ1) is 19.2. The zero-order valence-corrected chi connectivity index (χ0v) is 15.2. The molecular weight excluding hydrogens is 362 g/mol. The fourth-order valence-corrected chi connectivity index (χ4v) is 2.89. The van der Waals surface area contributed by atoms with Crippen LogP contribution < -0.4 is 5.32 Å². The fourth-order valence-electron chi connectivity index (χ4n) is 1.94. The monoisotopic (exact) mass is 379 g/mol. The summed E-state index contributed by atoms with van der Waals surface area (Å²) in [5.41, 5.74) is 2.42. The van der Waals surface area contributed by atoms with Crippen molar-refractivity contribution in [3.8, 4) is 0 Å². The van der Waals surface area contributed by atoms with Crippen molar-refractivity contribution in [1.29, 1.82) is 0 Å². The Bertz CT molecular complexity index is 753. The van der Waals surface area contributed by atoms with Crippen molar-refractivity contribution < 1.29 is 14.7 Å². The van der Waals surface area contributed by atoms with Crippen LogP contribution in [-0.2, 0) is 10.5 Å². The summed E-state index contributed by atoms with van der Waals surface area (Å²) in [5.74, 6) is -0.652. The standard InChI is InChI=1S/C17H18ClN3O3S/c1-11-4-6-12(7-5-11)10-25-17-20-9-13(18)15(21-17)16(24)19-8-2-3-14(22)23/h4-7,9H,2-3,8,10H2,1H3,(H,19,24)(H,22,23). The summed E-state index contributed by atoms with van der Waals surface area (Å²) in [5, 5.41) is 11.8. The molecule has 0 aliphatic rings. The smallest absolute Gasteiger partial charge is 0.303 e. The van der Waals surface area contributed by atoms with E-state index in [2.05, 4.69) is 15.3 Å². The minimum absolute atomic E-state index is 0.00453. The predicted octanol–water partition coefficient (Wildman–Crippen LogP) is 3.33. The number of carboxylic acid groups (broad SMARTS) is 1. The van der Waals surface area contributed by atoms with Gasteiger partial charge in [0.25, 0.3) is 5.91 Å². The van der Waals surface area contributed by atoms with Crippen LogP contribution in [0.5, 0.6) is 0 Å². The third kappa shape index (κ3) is 6.36. The highest BCUT2D eigenvalue weighted by molar-refractivity contribution is 7.98. The third-order valence-electron chi connectivity index (χ3n) is 3.28. The number of rotatable bonds is 8. The van der Waals surface area contributed by atoms with Crippen LogP contribution in [0.2, 0.25) is 5.02 Å². The van der Waals surface area contributed by atoms with Crippen LogP contribution in [0, 0.1) is 6.92 Å². The molecule has 0 atom stereocenters. The minimum atomic E-state index is -0.899. The van der Waals surface area contributed by atoms with E-state index in [0.29, 0.717) is 17.3 Å². The van der Waals surface area contributed by atoms with E-state index < -0.39 is 11.9 Å². The molecule has 1 aromatic carbocycles. The summed E-state index contributed by atoms with van der Waals surface area (Å²) >= 11 is 7.41. The van der Waals surface area contributed by atoms with Crippen LogP contribution in [0.4, 0.5) is 0 Å². The molecule has 8 heteroatoms. The van der Waals surface area contributed by atoms with E-state index in [1.807, 2.05) is 31.2 Å². The van der Waals surface area contributed by atoms with Crippen molar-refractivity contribution in [3.63, 3.8) is 0 Å². The van der Waals surface area contributed by atoms with Gasteiger partial charge in [0.15, 0.2) is 10.9 Å². The van der Waals surface area contributed by atoms with Crippen molar-refractivity contribution in [1.82, 2.24) is 15.3 Å². The van der Waals surface area contributed by atoms with Gasteiger partial charge in [-0.15, -0.1) is 0 Å². The van der Waals surface area contributed by atoms with Gasteiger partial charge in [-0.05, 0) is 18.9 Å². The summed E-state index contributed by atoms with van der Waals surface area (Å²) in [6.07, 6.45) is 1.74. The molecule has 2 N–H and O–H groups in total. The molecule has 6 nitrogen and oxygen atoms in total. The van der Waals surface area contributed by atoms with Crippen LogP contribution in [0.15, 0.2) is 35.6 Å². The molecule has 1 amide bonds. The maximum atomic E-state index is 12.1. The quantitative estimate of drug-likeness (QED) is 0.415. The van der Waals surface area contributed by atoms with Crippen LogP contribution in [0.1, 0.15) is 34.5 Å². The van der Waals surface area contributed by atoms with E-state index in [1.54, 1.807) is 0 Å². The molecule has 0 aliphatic heterocycles. The fraction of sp³-hybridized carbons (Fsp3) is 0.294. The van der Waals surface area contributed by atoms with Gasteiger partial charge in [-0.2, -0.15) is 0 Å². The second-order valence-electron chi connectivity index (χ2n) is 5.38. The Morgan fingerprint density at radius 3 is 2.68 bits per heavy atom. The summed E-state index contributed by atoms with van der Waals surface area (Å²) in [7, 11) is 0. The Balaban J connectivity index is 1.95. The zero-order valence-electron chi connectivity index (χ0n) is 13.7. The SMILES string of the molecule is Cc1ccc(CSc2ncc(Cl)c(C(=O)NCCCC(=O)O)n2)cc1. The maximum Gasteiger partial charge on any atom is 0.303 e. The van der Waals surface area contributed by atoms with Gasteiger partial charge in [0.1, 0.15) is 0 Å². The molecule has 1 heterocycles. The number of carboxylic acids is 1. The van der Waals surface area contributed by atoms with Crippen LogP contribution in [0.3, 0.4) is 0 Å². The van der Waals surface area contributed by atoms with E-state index in [0.717, 1.165) is 5.56 Å². The summed E-state index contributed by atoms with van der Waals surface area (Å²) in [6.45, 7) is 2.28. The number of aromatic nitrogens is 2. The highest BCUT2D eigenvalue weighted by Crippen LogP contribution is 2.22. The lowest BCUT2D eigenvalue weighted by atomic mass is 10.2. The number of hydrogen-bond acceptors (Lipinski definition) is 5. The lowest BCUT2D eigenvalue weighted by Crippen LogP contribution is -2.26. The molecular formula is C17H18ClN3O3S. The Labute approximate surface area is 155 Å². The molecule has 0 saturated heterocycles. The van der Waals surface area contributed by atoms with Gasteiger partial charge in [0.05, 0.1) is 11.2 Å². The third-order valence-corrected chi connectivity index (χ3v) is 4.49. The number of thioether (sulfide) groups is 1. The number of amides is 1. The zero-order chi connectivity index (χ0) is 18.2. The lowest BCUT2D eigenvalue weighted by Gasteiger charge is -2.07. The molecule has 0 radical (unpaired) electrons. The molecule has 25 heavy (non-hydrogen) atoms. The van der Waals surface area contributed by atoms with Crippen LogP contribution >= 0.6 is 23.4 Å². The molecule has 2 aromatic rings. The molecule has 0 bridgehead atoms. The van der Waals surface area contributed by atoms with Crippen molar-refractivity contribution in [2.75, 3.05) is 6.54 Å². The highest BCUT2D eigenvalue weighted by Gasteiger charge is 2.14. The second-order valence-corrected chi connectivity index (χ2v) is 6.73. The Morgan fingerprint density at radius 1 is 1.28 bits per heavy atom. The van der Waals surface area contributed by atoms with E-state index in [4.69, 9.17) is 16.7 Å². The normalized spacial score (nSPS) is 10.5. The summed E-state index contributed by atoms with van der Waals surface area (Å²) in [4.78, 5) is 30.9. The van der Waals surface area contributed by atoms with Gasteiger partial charge >= 0.3 is 5.97 Å². The molecule has 0 spiro atoms. The van der Waals surface area contributed by atoms with Gasteiger partial charge in [-0.1, -0.05) is 53.2 Å². The summed E-state index contributed by atoms with van der Waals surface area (Å²) < 4.78 is 0. The van der Waals surface area contributed by atoms with Gasteiger partial charge in [-0.3, -0.25) is 9.59 Å². The van der Waals surface area contributed by atoms with Gasteiger partial charge in [0.2, 0.25) is 0 Å². The topological polar surface area (TPSA) is 92.2 Å². The predicted molar refractivity (Wildman–Crippen MR) is 97.0 cm³/mol. The van der Waals surface area contributed by atoms with Crippen molar-refractivity contribution in [2.45, 2.75) is 30.7 Å². The molecule has 1 aromatic heterocycles.